The molecule has 19 heavy (non-hydrogen) atoms. The average Bonchev–Trinajstić information content (AvgIpc) is 2.39. The maximum Gasteiger partial charge on any atom is 0.321 e. The van der Waals surface area contributed by atoms with Crippen LogP contribution in [0.4, 0.5) is 11.4 Å². The van der Waals surface area contributed by atoms with E-state index in [-0.39, 0.29) is 17.8 Å². The van der Waals surface area contributed by atoms with Crippen LogP contribution in [-0.4, -0.2) is 15.7 Å². The van der Waals surface area contributed by atoms with Crippen LogP contribution in [0.5, 0.6) is 0 Å². The fourth-order valence-corrected chi connectivity index (χ4v) is 1.73. The first-order valence-corrected chi connectivity index (χ1v) is 5.55. The number of Topliss-reactive ketones (excluding diaryl/α,β-unsaturated/α-hetero) is 1. The number of pyridine rings is 1. The summed E-state index contributed by atoms with van der Waals surface area (Å²) >= 11 is 0. The van der Waals surface area contributed by atoms with E-state index in [2.05, 4.69) is 4.98 Å². The molecule has 0 aliphatic carbocycles. The van der Waals surface area contributed by atoms with Gasteiger partial charge in [-0.15, -0.1) is 0 Å². The Labute approximate surface area is 109 Å². The maximum atomic E-state index is 12.1. The lowest BCUT2D eigenvalue weighted by Gasteiger charge is -2.03. The number of nitrogen functional groups attached to an aromatic ring is 1. The Morgan fingerprint density at radius 2 is 1.95 bits per heavy atom. The molecule has 0 aliphatic rings. The molecule has 0 atom stereocenters. The summed E-state index contributed by atoms with van der Waals surface area (Å²) in [5, 5.41) is 10.9. The van der Waals surface area contributed by atoms with Crippen LogP contribution in [0.2, 0.25) is 0 Å². The van der Waals surface area contributed by atoms with Crippen LogP contribution in [0, 0.1) is 10.1 Å². The van der Waals surface area contributed by atoms with E-state index in [9.17, 15) is 14.9 Å². The van der Waals surface area contributed by atoms with Gasteiger partial charge in [-0.2, -0.15) is 0 Å². The summed E-state index contributed by atoms with van der Waals surface area (Å²) in [5.74, 6) is -0.426. The lowest BCUT2D eigenvalue weighted by molar-refractivity contribution is -0.384. The lowest BCUT2D eigenvalue weighted by atomic mass is 10.1. The second-order valence-electron chi connectivity index (χ2n) is 3.94. The van der Waals surface area contributed by atoms with E-state index in [0.29, 0.717) is 0 Å². The fraction of sp³-hybridized carbons (Fsp3) is 0.0769. The third kappa shape index (κ3) is 2.74. The van der Waals surface area contributed by atoms with E-state index >= 15 is 0 Å². The quantitative estimate of drug-likeness (QED) is 0.513. The van der Waals surface area contributed by atoms with Gasteiger partial charge in [0.1, 0.15) is 5.69 Å². The number of rotatable bonds is 4. The van der Waals surface area contributed by atoms with E-state index in [1.165, 1.54) is 12.3 Å². The molecule has 0 amide bonds. The maximum absolute atomic E-state index is 12.1. The topological polar surface area (TPSA) is 99.1 Å². The highest BCUT2D eigenvalue weighted by Gasteiger charge is 2.24. The average molecular weight is 257 g/mol. The van der Waals surface area contributed by atoms with Crippen LogP contribution in [0.3, 0.4) is 0 Å². The van der Waals surface area contributed by atoms with Gasteiger partial charge in [-0.05, 0) is 11.6 Å². The van der Waals surface area contributed by atoms with Crippen molar-refractivity contribution in [3.8, 4) is 0 Å². The van der Waals surface area contributed by atoms with E-state index in [4.69, 9.17) is 5.73 Å². The van der Waals surface area contributed by atoms with E-state index in [0.717, 1.165) is 5.56 Å². The molecule has 96 valence electrons. The number of carbonyl (C=O) groups excluding carboxylic acids is 1. The third-order valence-corrected chi connectivity index (χ3v) is 2.61. The highest BCUT2D eigenvalue weighted by atomic mass is 16.6. The molecule has 0 fully saturated rings. The standard InChI is InChI=1S/C13H11N3O3/c14-10-6-7-15-12(13(10)16(18)19)11(17)8-9-4-2-1-3-5-9/h1-7H,8H2,(H2,14,15). The number of benzene rings is 1. The van der Waals surface area contributed by atoms with Gasteiger partial charge >= 0.3 is 5.69 Å². The summed E-state index contributed by atoms with van der Waals surface area (Å²) in [5.41, 5.74) is 5.60. The van der Waals surface area contributed by atoms with Crippen molar-refractivity contribution < 1.29 is 9.72 Å². The Morgan fingerprint density at radius 3 is 2.58 bits per heavy atom. The number of nitrogens with two attached hydrogens (primary N) is 1. The molecule has 0 unspecified atom stereocenters. The molecule has 0 aliphatic heterocycles. The summed E-state index contributed by atoms with van der Waals surface area (Å²) in [7, 11) is 0. The normalized spacial score (nSPS) is 10.1. The third-order valence-electron chi connectivity index (χ3n) is 2.61. The molecule has 0 bridgehead atoms. The monoisotopic (exact) mass is 257 g/mol. The highest BCUT2D eigenvalue weighted by molar-refractivity contribution is 6.00. The SMILES string of the molecule is Nc1ccnc(C(=O)Cc2ccccc2)c1[N+](=O)[O-]. The minimum atomic E-state index is -0.680. The molecular formula is C13H11N3O3. The Kier molecular flexibility index (Phi) is 3.51. The van der Waals surface area contributed by atoms with Gasteiger partial charge in [0.25, 0.3) is 0 Å². The number of anilines is 1. The van der Waals surface area contributed by atoms with Crippen LogP contribution < -0.4 is 5.73 Å². The van der Waals surface area contributed by atoms with Crippen LogP contribution in [0.25, 0.3) is 0 Å². The van der Waals surface area contributed by atoms with Crippen molar-refractivity contribution in [2.24, 2.45) is 0 Å². The Bertz CT molecular complexity index is 626. The molecule has 1 aromatic carbocycles. The smallest absolute Gasteiger partial charge is 0.321 e. The second-order valence-corrected chi connectivity index (χ2v) is 3.94. The van der Waals surface area contributed by atoms with E-state index in [1.54, 1.807) is 24.3 Å². The molecule has 6 heteroatoms. The largest absolute Gasteiger partial charge is 0.393 e. The van der Waals surface area contributed by atoms with Gasteiger partial charge < -0.3 is 5.73 Å². The van der Waals surface area contributed by atoms with Crippen LogP contribution in [0.15, 0.2) is 42.6 Å². The first kappa shape index (κ1) is 12.7. The summed E-state index contributed by atoms with van der Waals surface area (Å²) < 4.78 is 0. The molecular weight excluding hydrogens is 246 g/mol. The Morgan fingerprint density at radius 1 is 1.26 bits per heavy atom. The van der Waals surface area contributed by atoms with Gasteiger partial charge in [-0.25, -0.2) is 4.98 Å². The molecule has 1 aromatic heterocycles. The van der Waals surface area contributed by atoms with Crippen molar-refractivity contribution in [2.45, 2.75) is 6.42 Å². The van der Waals surface area contributed by atoms with Gasteiger partial charge in [0.2, 0.25) is 0 Å². The Hall–Kier alpha value is -2.76. The number of hydrogen-bond acceptors (Lipinski definition) is 5. The second kappa shape index (κ2) is 5.26. The molecule has 0 saturated heterocycles. The van der Waals surface area contributed by atoms with Gasteiger partial charge in [-0.3, -0.25) is 14.9 Å². The van der Waals surface area contributed by atoms with Crippen molar-refractivity contribution in [1.82, 2.24) is 4.98 Å². The number of hydrogen-bond donors (Lipinski definition) is 1. The predicted molar refractivity (Wildman–Crippen MR) is 69.8 cm³/mol. The van der Waals surface area contributed by atoms with E-state index < -0.39 is 16.4 Å². The summed E-state index contributed by atoms with van der Waals surface area (Å²) in [4.78, 5) is 26.1. The minimum absolute atomic E-state index is 0.0537. The van der Waals surface area contributed by atoms with E-state index in [1.807, 2.05) is 6.07 Å². The van der Waals surface area contributed by atoms with Crippen LogP contribution in [-0.2, 0) is 6.42 Å². The van der Waals surface area contributed by atoms with Crippen LogP contribution >= 0.6 is 0 Å². The molecule has 1 heterocycles. The van der Waals surface area contributed by atoms with Crippen molar-refractivity contribution in [3.63, 3.8) is 0 Å². The summed E-state index contributed by atoms with van der Waals surface area (Å²) in [6.45, 7) is 0. The zero-order chi connectivity index (χ0) is 13.8. The van der Waals surface area contributed by atoms with Crippen molar-refractivity contribution >= 4 is 17.2 Å². The summed E-state index contributed by atoms with van der Waals surface area (Å²) in [6, 6.07) is 10.3. The molecule has 2 N–H and O–H groups in total. The van der Waals surface area contributed by atoms with Crippen molar-refractivity contribution in [1.29, 1.82) is 0 Å². The zero-order valence-electron chi connectivity index (χ0n) is 9.95. The van der Waals surface area contributed by atoms with Crippen LogP contribution in [0.1, 0.15) is 16.1 Å². The van der Waals surface area contributed by atoms with Crippen molar-refractivity contribution in [3.05, 3.63) is 64.0 Å². The number of nitrogens with zero attached hydrogens (tertiary/aromatic N) is 2. The molecule has 6 nitrogen and oxygen atoms in total. The first-order valence-electron chi connectivity index (χ1n) is 5.55. The lowest BCUT2D eigenvalue weighted by Crippen LogP contribution is -2.11. The van der Waals surface area contributed by atoms with Gasteiger partial charge in [0.15, 0.2) is 11.5 Å². The fourth-order valence-electron chi connectivity index (χ4n) is 1.73. The Balaban J connectivity index is 2.35. The van der Waals surface area contributed by atoms with Gasteiger partial charge in [-0.1, -0.05) is 30.3 Å². The molecule has 0 radical (unpaired) electrons. The first-order chi connectivity index (χ1) is 9.09. The number of carbonyl (C=O) groups is 1. The number of ketones is 1. The molecule has 2 aromatic rings. The predicted octanol–water partition coefficient (Wildman–Crippen LogP) is 2.00. The molecule has 0 saturated carbocycles. The van der Waals surface area contributed by atoms with Gasteiger partial charge in [0.05, 0.1) is 4.92 Å². The minimum Gasteiger partial charge on any atom is -0.393 e. The highest BCUT2D eigenvalue weighted by Crippen LogP contribution is 2.25. The van der Waals surface area contributed by atoms with Crippen molar-refractivity contribution in [2.75, 3.05) is 5.73 Å². The number of nitro groups is 1. The molecule has 0 spiro atoms. The number of aromatic nitrogens is 1. The molecule has 2 rings (SSSR count). The van der Waals surface area contributed by atoms with Gasteiger partial charge in [0, 0.05) is 12.6 Å². The zero-order valence-corrected chi connectivity index (χ0v) is 9.95. The summed E-state index contributed by atoms with van der Waals surface area (Å²) in [6.07, 6.45) is 1.35.